The summed E-state index contributed by atoms with van der Waals surface area (Å²) in [5.74, 6) is 0.799. The Hall–Kier alpha value is -3.67. The fraction of sp³-hybridized carbons (Fsp3) is 0.208. The summed E-state index contributed by atoms with van der Waals surface area (Å²) in [6, 6.07) is 21.0. The molecule has 0 aliphatic carbocycles. The van der Waals surface area contributed by atoms with E-state index in [4.69, 9.17) is 9.84 Å². The van der Waals surface area contributed by atoms with Crippen LogP contribution in [-0.2, 0) is 0 Å². The SMILES string of the molecule is Cc1ccc(C)c(C2=NN3[C@H](C2)c2ccccc2O[C@H]3c2cccc([N+](=O)[O-])c2)c1. The molecule has 0 saturated carbocycles. The standard InChI is InChI=1S/C24H21N3O3/c1-15-10-11-16(2)20(12-15)21-14-22-19-8-3-4-9-23(19)30-24(26(22)25-21)17-6-5-7-18(13-17)27(28)29/h3-13,22,24H,14H2,1-2H3/t22-,24+/m1/s1. The second kappa shape index (κ2) is 6.99. The summed E-state index contributed by atoms with van der Waals surface area (Å²) in [5.41, 5.74) is 6.37. The molecule has 0 unspecified atom stereocenters. The van der Waals surface area contributed by atoms with E-state index < -0.39 is 6.23 Å². The molecular formula is C24H21N3O3. The van der Waals surface area contributed by atoms with E-state index in [2.05, 4.69) is 38.1 Å². The summed E-state index contributed by atoms with van der Waals surface area (Å²) >= 11 is 0. The minimum absolute atomic E-state index is 0.0223. The molecule has 0 saturated heterocycles. The van der Waals surface area contributed by atoms with E-state index in [0.717, 1.165) is 34.6 Å². The second-order valence-corrected chi connectivity index (χ2v) is 7.83. The number of hydrogen-bond donors (Lipinski definition) is 0. The minimum Gasteiger partial charge on any atom is -0.464 e. The van der Waals surface area contributed by atoms with Crippen molar-refractivity contribution in [2.45, 2.75) is 32.5 Å². The number of ether oxygens (including phenoxy) is 1. The van der Waals surface area contributed by atoms with Crippen molar-refractivity contribution in [2.24, 2.45) is 5.10 Å². The number of nitro groups is 1. The first-order chi connectivity index (χ1) is 14.5. The topological polar surface area (TPSA) is 68.0 Å². The number of rotatable bonds is 3. The summed E-state index contributed by atoms with van der Waals surface area (Å²) in [5, 5.41) is 18.2. The first-order valence-electron chi connectivity index (χ1n) is 9.94. The molecule has 150 valence electrons. The fourth-order valence-electron chi connectivity index (χ4n) is 4.26. The highest BCUT2D eigenvalue weighted by Crippen LogP contribution is 2.47. The summed E-state index contributed by atoms with van der Waals surface area (Å²) in [6.07, 6.45) is 0.239. The van der Waals surface area contributed by atoms with Crippen LogP contribution in [0.4, 0.5) is 5.69 Å². The predicted octanol–water partition coefficient (Wildman–Crippen LogP) is 5.45. The number of aryl methyl sites for hydroxylation is 2. The van der Waals surface area contributed by atoms with Gasteiger partial charge in [0.15, 0.2) is 0 Å². The van der Waals surface area contributed by atoms with E-state index in [9.17, 15) is 10.1 Å². The fourth-order valence-corrected chi connectivity index (χ4v) is 4.26. The molecule has 0 N–H and O–H groups in total. The summed E-state index contributed by atoms with van der Waals surface area (Å²) < 4.78 is 6.30. The number of benzene rings is 3. The minimum atomic E-state index is -0.521. The summed E-state index contributed by atoms with van der Waals surface area (Å²) in [6.45, 7) is 4.17. The van der Waals surface area contributed by atoms with Gasteiger partial charge in [-0.15, -0.1) is 0 Å². The quantitative estimate of drug-likeness (QED) is 0.434. The molecule has 2 aliphatic rings. The molecule has 2 aliphatic heterocycles. The van der Waals surface area contributed by atoms with Crippen molar-refractivity contribution < 1.29 is 9.66 Å². The number of hydrazone groups is 1. The molecular weight excluding hydrogens is 378 g/mol. The van der Waals surface area contributed by atoms with Gasteiger partial charge in [-0.05, 0) is 31.5 Å². The van der Waals surface area contributed by atoms with Crippen molar-refractivity contribution in [1.82, 2.24) is 5.01 Å². The van der Waals surface area contributed by atoms with Crippen molar-refractivity contribution in [3.8, 4) is 5.75 Å². The van der Waals surface area contributed by atoms with Gasteiger partial charge in [-0.25, -0.2) is 5.01 Å². The molecule has 6 heteroatoms. The first-order valence-corrected chi connectivity index (χ1v) is 9.94. The third kappa shape index (κ3) is 3.01. The summed E-state index contributed by atoms with van der Waals surface area (Å²) in [4.78, 5) is 10.9. The molecule has 3 aromatic carbocycles. The Balaban J connectivity index is 1.62. The average Bonchev–Trinajstić information content (AvgIpc) is 3.20. The molecule has 30 heavy (non-hydrogen) atoms. The zero-order valence-corrected chi connectivity index (χ0v) is 16.8. The van der Waals surface area contributed by atoms with E-state index >= 15 is 0 Å². The van der Waals surface area contributed by atoms with Gasteiger partial charge in [0.2, 0.25) is 6.23 Å². The van der Waals surface area contributed by atoms with Crippen molar-refractivity contribution in [2.75, 3.05) is 0 Å². The maximum absolute atomic E-state index is 11.3. The van der Waals surface area contributed by atoms with E-state index in [0.29, 0.717) is 0 Å². The maximum Gasteiger partial charge on any atom is 0.269 e. The van der Waals surface area contributed by atoms with Gasteiger partial charge in [-0.1, -0.05) is 48.0 Å². The Labute approximate surface area is 174 Å². The van der Waals surface area contributed by atoms with Crippen LogP contribution in [-0.4, -0.2) is 15.6 Å². The monoisotopic (exact) mass is 399 g/mol. The third-order valence-corrected chi connectivity index (χ3v) is 5.77. The molecule has 3 aromatic rings. The Bertz CT molecular complexity index is 1190. The number of fused-ring (bicyclic) bond motifs is 3. The van der Waals surface area contributed by atoms with Gasteiger partial charge in [-0.3, -0.25) is 10.1 Å². The average molecular weight is 399 g/mol. The zero-order chi connectivity index (χ0) is 20.8. The van der Waals surface area contributed by atoms with Gasteiger partial charge in [0.05, 0.1) is 16.7 Å². The van der Waals surface area contributed by atoms with Crippen LogP contribution in [0.15, 0.2) is 71.8 Å². The Kier molecular flexibility index (Phi) is 4.28. The van der Waals surface area contributed by atoms with Crippen LogP contribution in [0.2, 0.25) is 0 Å². The Morgan fingerprint density at radius 3 is 2.73 bits per heavy atom. The van der Waals surface area contributed by atoms with Gasteiger partial charge in [-0.2, -0.15) is 5.10 Å². The molecule has 0 fully saturated rings. The Morgan fingerprint density at radius 2 is 1.90 bits per heavy atom. The lowest BCUT2D eigenvalue weighted by Crippen LogP contribution is -2.33. The van der Waals surface area contributed by atoms with Crippen molar-refractivity contribution in [3.05, 3.63) is 105 Å². The van der Waals surface area contributed by atoms with Gasteiger partial charge >= 0.3 is 0 Å². The van der Waals surface area contributed by atoms with Gasteiger partial charge in [0, 0.05) is 35.2 Å². The lowest BCUT2D eigenvalue weighted by atomic mass is 9.93. The van der Waals surface area contributed by atoms with Crippen LogP contribution in [0.1, 0.15) is 46.5 Å². The van der Waals surface area contributed by atoms with Gasteiger partial charge in [0.1, 0.15) is 5.75 Å². The van der Waals surface area contributed by atoms with Gasteiger partial charge in [0.25, 0.3) is 5.69 Å². The molecule has 0 bridgehead atoms. The number of non-ortho nitro benzene ring substituents is 1. The van der Waals surface area contributed by atoms with Crippen molar-refractivity contribution >= 4 is 11.4 Å². The summed E-state index contributed by atoms with van der Waals surface area (Å²) in [7, 11) is 0. The first kappa shape index (κ1) is 18.4. The molecule has 0 amide bonds. The van der Waals surface area contributed by atoms with Crippen LogP contribution in [0.5, 0.6) is 5.75 Å². The Morgan fingerprint density at radius 1 is 1.07 bits per heavy atom. The third-order valence-electron chi connectivity index (χ3n) is 5.77. The van der Waals surface area contributed by atoms with Crippen LogP contribution in [0, 0.1) is 24.0 Å². The normalized spacial score (nSPS) is 19.5. The van der Waals surface area contributed by atoms with Crippen LogP contribution >= 0.6 is 0 Å². The number of nitrogens with zero attached hydrogens (tertiary/aromatic N) is 3. The number of para-hydroxylation sites is 1. The maximum atomic E-state index is 11.3. The molecule has 0 aromatic heterocycles. The lowest BCUT2D eigenvalue weighted by Gasteiger charge is -2.38. The highest BCUT2D eigenvalue weighted by atomic mass is 16.6. The molecule has 6 nitrogen and oxygen atoms in total. The van der Waals surface area contributed by atoms with E-state index in [1.54, 1.807) is 12.1 Å². The smallest absolute Gasteiger partial charge is 0.269 e. The van der Waals surface area contributed by atoms with E-state index in [1.165, 1.54) is 17.2 Å². The molecule has 0 spiro atoms. The largest absolute Gasteiger partial charge is 0.464 e. The molecule has 2 atom stereocenters. The van der Waals surface area contributed by atoms with Gasteiger partial charge < -0.3 is 4.74 Å². The molecule has 0 radical (unpaired) electrons. The highest BCUT2D eigenvalue weighted by Gasteiger charge is 2.41. The number of nitro benzene ring substituents is 1. The zero-order valence-electron chi connectivity index (χ0n) is 16.8. The van der Waals surface area contributed by atoms with E-state index in [1.807, 2.05) is 29.3 Å². The van der Waals surface area contributed by atoms with Crippen LogP contribution in [0.3, 0.4) is 0 Å². The number of hydrogen-bond acceptors (Lipinski definition) is 5. The lowest BCUT2D eigenvalue weighted by molar-refractivity contribution is -0.385. The van der Waals surface area contributed by atoms with Crippen molar-refractivity contribution in [3.63, 3.8) is 0 Å². The predicted molar refractivity (Wildman–Crippen MR) is 115 cm³/mol. The van der Waals surface area contributed by atoms with Crippen LogP contribution in [0.25, 0.3) is 0 Å². The second-order valence-electron chi connectivity index (χ2n) is 7.83. The highest BCUT2D eigenvalue weighted by molar-refractivity contribution is 6.03. The van der Waals surface area contributed by atoms with Crippen molar-refractivity contribution in [1.29, 1.82) is 0 Å². The molecule has 2 heterocycles. The van der Waals surface area contributed by atoms with E-state index in [-0.39, 0.29) is 16.7 Å². The van der Waals surface area contributed by atoms with Crippen LogP contribution < -0.4 is 4.74 Å². The molecule has 5 rings (SSSR count).